The number of aliphatic hydroxyl groups is 1. The zero-order chi connectivity index (χ0) is 29.5. The molecular weight excluding hydrogens is 574 g/mol. The van der Waals surface area contributed by atoms with Crippen LogP contribution in [0.15, 0.2) is 36.4 Å². The second kappa shape index (κ2) is 11.8. The van der Waals surface area contributed by atoms with Gasteiger partial charge in [0.25, 0.3) is 0 Å². The molecule has 226 valence electrons. The van der Waals surface area contributed by atoms with Crippen LogP contribution in [-0.2, 0) is 22.8 Å². The zero-order valence-corrected chi connectivity index (χ0v) is 26.0. The molecule has 3 aliphatic rings. The Hall–Kier alpha value is -2.66. The predicted molar refractivity (Wildman–Crippen MR) is 168 cm³/mol. The largest absolute Gasteiger partial charge is 0.461 e. The first kappa shape index (κ1) is 29.4. The lowest BCUT2D eigenvalue weighted by Gasteiger charge is -2.34. The first-order valence-electron chi connectivity index (χ1n) is 14.9. The number of anilines is 2. The van der Waals surface area contributed by atoms with Crippen LogP contribution in [0, 0.1) is 0 Å². The van der Waals surface area contributed by atoms with Crippen molar-refractivity contribution in [1.82, 2.24) is 14.9 Å². The third kappa shape index (κ3) is 5.91. The lowest BCUT2D eigenvalue weighted by molar-refractivity contribution is 0.107. The highest BCUT2D eigenvalue weighted by atomic mass is 35.5. The Labute approximate surface area is 253 Å². The van der Waals surface area contributed by atoms with Crippen molar-refractivity contribution in [3.63, 3.8) is 0 Å². The summed E-state index contributed by atoms with van der Waals surface area (Å²) in [4.78, 5) is 16.6. The fourth-order valence-corrected chi connectivity index (χ4v) is 8.74. The van der Waals surface area contributed by atoms with E-state index in [-0.39, 0.29) is 23.6 Å². The van der Waals surface area contributed by atoms with E-state index in [0.717, 1.165) is 65.2 Å². The molecule has 3 aromatic rings. The number of aliphatic hydroxyl groups excluding tert-OH is 1. The van der Waals surface area contributed by atoms with Gasteiger partial charge in [0, 0.05) is 36.8 Å². The SMILES string of the molecule is CC(O)CS(=O)(=O)CCN(C)c1nc(OCC23CCCN2CCC3)nc2c1CCN(c1cccc3cccc(Cl)c13)C2. The molecule has 9 nitrogen and oxygen atoms in total. The van der Waals surface area contributed by atoms with E-state index >= 15 is 0 Å². The van der Waals surface area contributed by atoms with E-state index in [1.54, 1.807) is 0 Å². The van der Waals surface area contributed by atoms with Gasteiger partial charge < -0.3 is 19.6 Å². The molecule has 2 saturated heterocycles. The molecule has 42 heavy (non-hydrogen) atoms. The van der Waals surface area contributed by atoms with Gasteiger partial charge in [0.05, 0.1) is 40.4 Å². The predicted octanol–water partition coefficient (Wildman–Crippen LogP) is 4.08. The zero-order valence-electron chi connectivity index (χ0n) is 24.4. The van der Waals surface area contributed by atoms with Crippen molar-refractivity contribution in [3.8, 4) is 6.01 Å². The van der Waals surface area contributed by atoms with Crippen LogP contribution < -0.4 is 14.5 Å². The van der Waals surface area contributed by atoms with Crippen molar-refractivity contribution in [2.45, 2.75) is 57.2 Å². The number of halogens is 1. The summed E-state index contributed by atoms with van der Waals surface area (Å²) in [6, 6.07) is 12.5. The van der Waals surface area contributed by atoms with E-state index in [9.17, 15) is 13.5 Å². The van der Waals surface area contributed by atoms with Crippen LogP contribution in [-0.4, -0.2) is 91.4 Å². The summed E-state index contributed by atoms with van der Waals surface area (Å²) in [5, 5.41) is 12.5. The molecule has 0 saturated carbocycles. The smallest absolute Gasteiger partial charge is 0.318 e. The maximum Gasteiger partial charge on any atom is 0.318 e. The fraction of sp³-hybridized carbons (Fsp3) is 0.548. The van der Waals surface area contributed by atoms with Crippen LogP contribution in [0.25, 0.3) is 10.8 Å². The van der Waals surface area contributed by atoms with E-state index < -0.39 is 15.9 Å². The molecule has 0 aliphatic carbocycles. The van der Waals surface area contributed by atoms with E-state index in [1.165, 1.54) is 19.8 Å². The molecular formula is C31H40ClN5O4S. The quantitative estimate of drug-likeness (QED) is 0.363. The van der Waals surface area contributed by atoms with Gasteiger partial charge in [0.15, 0.2) is 9.84 Å². The van der Waals surface area contributed by atoms with Crippen molar-refractivity contribution >= 4 is 43.7 Å². The van der Waals surface area contributed by atoms with Gasteiger partial charge in [-0.1, -0.05) is 35.9 Å². The molecule has 11 heteroatoms. The Morgan fingerprint density at radius 1 is 1.12 bits per heavy atom. The number of benzene rings is 2. The van der Waals surface area contributed by atoms with Gasteiger partial charge in [-0.25, -0.2) is 8.42 Å². The molecule has 6 rings (SSSR count). The second-order valence-electron chi connectivity index (χ2n) is 12.1. The van der Waals surface area contributed by atoms with E-state index in [2.05, 4.69) is 34.1 Å². The first-order chi connectivity index (χ1) is 20.1. The number of ether oxygens (including phenoxy) is 1. The van der Waals surface area contributed by atoms with Crippen molar-refractivity contribution < 1.29 is 18.3 Å². The first-order valence-corrected chi connectivity index (χ1v) is 17.1. The van der Waals surface area contributed by atoms with Gasteiger partial charge in [-0.2, -0.15) is 9.97 Å². The number of sulfone groups is 1. The lowest BCUT2D eigenvalue weighted by Crippen LogP contribution is -2.43. The van der Waals surface area contributed by atoms with Crippen LogP contribution >= 0.6 is 11.6 Å². The van der Waals surface area contributed by atoms with Gasteiger partial charge in [0.1, 0.15) is 12.4 Å². The number of hydrogen-bond donors (Lipinski definition) is 1. The highest BCUT2D eigenvalue weighted by Gasteiger charge is 2.45. The summed E-state index contributed by atoms with van der Waals surface area (Å²) in [5.41, 5.74) is 3.03. The minimum absolute atomic E-state index is 0.0616. The van der Waals surface area contributed by atoms with E-state index in [1.807, 2.05) is 24.1 Å². The van der Waals surface area contributed by atoms with Crippen molar-refractivity contribution in [3.05, 3.63) is 52.7 Å². The Morgan fingerprint density at radius 3 is 2.60 bits per heavy atom. The molecule has 1 aromatic heterocycles. The highest BCUT2D eigenvalue weighted by molar-refractivity contribution is 7.91. The third-order valence-corrected chi connectivity index (χ3v) is 11.2. The summed E-state index contributed by atoms with van der Waals surface area (Å²) in [6.45, 7) is 5.86. The molecule has 2 fully saturated rings. The summed E-state index contributed by atoms with van der Waals surface area (Å²) in [5.74, 6) is 0.394. The number of nitrogens with zero attached hydrogens (tertiary/aromatic N) is 5. The van der Waals surface area contributed by atoms with Crippen molar-refractivity contribution in [1.29, 1.82) is 0 Å². The monoisotopic (exact) mass is 613 g/mol. The standard InChI is InChI=1S/C31H40ClN5O4S/c1-22(38)20-42(39,40)18-17-35(2)29-24-11-16-36(27-10-4-8-23-7-3-9-25(32)28(23)27)19-26(24)33-30(34-29)41-21-31-12-5-14-37(31)15-6-13-31/h3-4,7-10,22,38H,5-6,11-21H2,1-2H3. The summed E-state index contributed by atoms with van der Waals surface area (Å²) >= 11 is 6.68. The molecule has 4 heterocycles. The van der Waals surface area contributed by atoms with Gasteiger partial charge in [-0.15, -0.1) is 0 Å². The maximum atomic E-state index is 12.6. The van der Waals surface area contributed by atoms with Crippen LogP contribution in [0.3, 0.4) is 0 Å². The number of hydrogen-bond acceptors (Lipinski definition) is 9. The third-order valence-electron chi connectivity index (χ3n) is 9.07. The van der Waals surface area contributed by atoms with E-state index in [4.69, 9.17) is 26.3 Å². The molecule has 2 aromatic carbocycles. The lowest BCUT2D eigenvalue weighted by atomic mass is 9.95. The van der Waals surface area contributed by atoms with E-state index in [0.29, 0.717) is 31.4 Å². The normalized spacial score (nSPS) is 19.1. The minimum atomic E-state index is -3.41. The Bertz CT molecular complexity index is 1550. The number of rotatable bonds is 10. The van der Waals surface area contributed by atoms with Gasteiger partial charge in [-0.3, -0.25) is 4.90 Å². The van der Waals surface area contributed by atoms with Crippen LogP contribution in [0.4, 0.5) is 11.5 Å². The Morgan fingerprint density at radius 2 is 1.86 bits per heavy atom. The van der Waals surface area contributed by atoms with Crippen LogP contribution in [0.1, 0.15) is 43.9 Å². The summed E-state index contributed by atoms with van der Waals surface area (Å²) in [7, 11) is -1.54. The molecule has 1 N–H and O–H groups in total. The summed E-state index contributed by atoms with van der Waals surface area (Å²) < 4.78 is 31.5. The molecule has 0 bridgehead atoms. The van der Waals surface area contributed by atoms with Gasteiger partial charge in [-0.05, 0) is 69.6 Å². The van der Waals surface area contributed by atoms with Gasteiger partial charge in [0.2, 0.25) is 0 Å². The molecule has 0 radical (unpaired) electrons. The van der Waals surface area contributed by atoms with Crippen molar-refractivity contribution in [2.75, 3.05) is 61.1 Å². The number of aromatic nitrogens is 2. The Kier molecular flexibility index (Phi) is 8.26. The molecule has 3 aliphatic heterocycles. The molecule has 0 amide bonds. The number of fused-ring (bicyclic) bond motifs is 3. The topological polar surface area (TPSA) is 99.1 Å². The molecule has 1 unspecified atom stereocenters. The maximum absolute atomic E-state index is 12.6. The van der Waals surface area contributed by atoms with Crippen LogP contribution in [0.2, 0.25) is 5.02 Å². The average molecular weight is 614 g/mol. The second-order valence-corrected chi connectivity index (χ2v) is 14.8. The van der Waals surface area contributed by atoms with Gasteiger partial charge >= 0.3 is 6.01 Å². The van der Waals surface area contributed by atoms with Crippen LogP contribution in [0.5, 0.6) is 6.01 Å². The summed E-state index contributed by atoms with van der Waals surface area (Å²) in [6.07, 6.45) is 4.43. The minimum Gasteiger partial charge on any atom is -0.461 e. The molecule has 0 spiro atoms. The Balaban J connectivity index is 1.31. The molecule has 1 atom stereocenters. The highest BCUT2D eigenvalue weighted by Crippen LogP contribution is 2.40. The fourth-order valence-electron chi connectivity index (χ4n) is 7.01. The average Bonchev–Trinajstić information content (AvgIpc) is 3.54. The van der Waals surface area contributed by atoms with Crippen molar-refractivity contribution in [2.24, 2.45) is 0 Å².